The Kier molecular flexibility index (Phi) is 5.73. The van der Waals surface area contributed by atoms with Crippen LogP contribution in [0.2, 0.25) is 0 Å². The molecule has 0 saturated carbocycles. The molecule has 0 aliphatic heterocycles. The fourth-order valence-corrected chi connectivity index (χ4v) is 4.71. The minimum absolute atomic E-state index is 0.339. The Balaban J connectivity index is 1.59. The lowest BCUT2D eigenvalue weighted by atomic mass is 10.1. The number of benzene rings is 3. The Labute approximate surface area is 179 Å². The number of rotatable bonds is 7. The molecule has 8 heteroatoms. The molecule has 1 aromatic heterocycles. The van der Waals surface area contributed by atoms with E-state index in [1.54, 1.807) is 12.1 Å². The van der Waals surface area contributed by atoms with E-state index in [4.69, 9.17) is 4.98 Å². The summed E-state index contributed by atoms with van der Waals surface area (Å²) in [6.07, 6.45) is 1.17. The number of nitrogens with one attached hydrogen (secondary N) is 1. The average molecular weight is 442 g/mol. The third-order valence-electron chi connectivity index (χ3n) is 5.13. The molecule has 4 rings (SSSR count). The van der Waals surface area contributed by atoms with Gasteiger partial charge in [0, 0.05) is 13.0 Å². The molecule has 0 aliphatic rings. The quantitative estimate of drug-likeness (QED) is 0.443. The largest absolute Gasteiger partial charge is 0.328 e. The van der Waals surface area contributed by atoms with Crippen molar-refractivity contribution < 1.29 is 17.2 Å². The van der Waals surface area contributed by atoms with Crippen molar-refractivity contribution in [2.45, 2.75) is 31.2 Å². The maximum absolute atomic E-state index is 13.5. The highest BCUT2D eigenvalue weighted by Crippen LogP contribution is 2.24. The van der Waals surface area contributed by atoms with Gasteiger partial charge in [-0.15, -0.1) is 0 Å². The smallest absolute Gasteiger partial charge is 0.262 e. The maximum Gasteiger partial charge on any atom is 0.262 e. The van der Waals surface area contributed by atoms with Crippen molar-refractivity contribution in [3.8, 4) is 0 Å². The first-order valence-corrected chi connectivity index (χ1v) is 11.4. The number of imidazole rings is 1. The lowest BCUT2D eigenvalue weighted by molar-refractivity contribution is 0.504. The fraction of sp³-hybridized carbons (Fsp3) is 0.174. The van der Waals surface area contributed by atoms with Gasteiger partial charge in [0.05, 0.1) is 21.6 Å². The van der Waals surface area contributed by atoms with Gasteiger partial charge in [0.25, 0.3) is 10.0 Å². The van der Waals surface area contributed by atoms with Crippen LogP contribution in [0.15, 0.2) is 71.6 Å². The summed E-state index contributed by atoms with van der Waals surface area (Å²) in [6, 6.07) is 17.4. The first kappa shape index (κ1) is 21.0. The molecule has 3 aromatic carbocycles. The van der Waals surface area contributed by atoms with Crippen LogP contribution >= 0.6 is 0 Å². The van der Waals surface area contributed by atoms with Crippen LogP contribution in [0, 0.1) is 11.6 Å². The highest BCUT2D eigenvalue weighted by molar-refractivity contribution is 7.92. The van der Waals surface area contributed by atoms with Gasteiger partial charge in [-0.25, -0.2) is 22.2 Å². The molecule has 0 amide bonds. The van der Waals surface area contributed by atoms with Gasteiger partial charge in [0.15, 0.2) is 11.6 Å². The van der Waals surface area contributed by atoms with Gasteiger partial charge in [-0.3, -0.25) is 4.72 Å². The number of nitrogens with zero attached hydrogens (tertiary/aromatic N) is 2. The second-order valence-corrected chi connectivity index (χ2v) is 8.78. The predicted molar refractivity (Wildman–Crippen MR) is 116 cm³/mol. The standard InChI is InChI=1S/C23H21F2N3O2S/c1-2-28-22-10-6-5-9-21(22)26-23(28)14-11-16-7-3-4-8-20(16)27-31(29,30)17-12-13-18(24)19(25)15-17/h3-10,12-13,15,27H,2,11,14H2,1H3. The zero-order valence-electron chi connectivity index (χ0n) is 16.8. The zero-order chi connectivity index (χ0) is 22.0. The molecule has 0 radical (unpaired) electrons. The van der Waals surface area contributed by atoms with Crippen LogP contribution in [-0.2, 0) is 29.4 Å². The van der Waals surface area contributed by atoms with E-state index < -0.39 is 21.7 Å². The Morgan fingerprint density at radius 2 is 1.68 bits per heavy atom. The number of aryl methyl sites for hydroxylation is 3. The van der Waals surface area contributed by atoms with E-state index in [2.05, 4.69) is 16.2 Å². The van der Waals surface area contributed by atoms with Gasteiger partial charge in [-0.2, -0.15) is 0 Å². The van der Waals surface area contributed by atoms with Crippen LogP contribution < -0.4 is 4.72 Å². The Hall–Kier alpha value is -3.26. The van der Waals surface area contributed by atoms with E-state index >= 15 is 0 Å². The summed E-state index contributed by atoms with van der Waals surface area (Å²) in [5.41, 5.74) is 3.16. The Morgan fingerprint density at radius 1 is 0.935 bits per heavy atom. The highest BCUT2D eigenvalue weighted by Gasteiger charge is 2.18. The minimum atomic E-state index is -4.07. The SMILES string of the molecule is CCn1c(CCc2ccccc2NS(=O)(=O)c2ccc(F)c(F)c2)nc2ccccc21. The van der Waals surface area contributed by atoms with Gasteiger partial charge in [-0.05, 0) is 55.3 Å². The molecule has 0 unspecified atom stereocenters. The third-order valence-corrected chi connectivity index (χ3v) is 6.49. The van der Waals surface area contributed by atoms with Crippen LogP contribution in [0.1, 0.15) is 18.3 Å². The van der Waals surface area contributed by atoms with Crippen molar-refractivity contribution in [1.29, 1.82) is 0 Å². The normalized spacial score (nSPS) is 11.7. The van der Waals surface area contributed by atoms with Crippen LogP contribution in [0.4, 0.5) is 14.5 Å². The summed E-state index contributed by atoms with van der Waals surface area (Å²) in [5, 5.41) is 0. The molecule has 0 spiro atoms. The summed E-state index contributed by atoms with van der Waals surface area (Å²) >= 11 is 0. The van der Waals surface area contributed by atoms with Crippen molar-refractivity contribution >= 4 is 26.7 Å². The van der Waals surface area contributed by atoms with Gasteiger partial charge in [-0.1, -0.05) is 30.3 Å². The number of aromatic nitrogens is 2. The maximum atomic E-state index is 13.5. The number of sulfonamides is 1. The molecule has 4 aromatic rings. The Morgan fingerprint density at radius 3 is 2.45 bits per heavy atom. The number of hydrogen-bond donors (Lipinski definition) is 1. The molecule has 1 N–H and O–H groups in total. The van der Waals surface area contributed by atoms with Gasteiger partial charge in [0.2, 0.25) is 0 Å². The first-order chi connectivity index (χ1) is 14.9. The zero-order valence-corrected chi connectivity index (χ0v) is 17.7. The molecule has 0 atom stereocenters. The summed E-state index contributed by atoms with van der Waals surface area (Å²) in [6.45, 7) is 2.84. The van der Waals surface area contributed by atoms with E-state index in [0.717, 1.165) is 41.1 Å². The van der Waals surface area contributed by atoms with Crippen LogP contribution in [0.3, 0.4) is 0 Å². The van der Waals surface area contributed by atoms with Crippen LogP contribution in [-0.4, -0.2) is 18.0 Å². The summed E-state index contributed by atoms with van der Waals surface area (Å²) in [5.74, 6) is -1.39. The van der Waals surface area contributed by atoms with E-state index in [0.29, 0.717) is 24.6 Å². The summed E-state index contributed by atoms with van der Waals surface area (Å²) in [7, 11) is -4.07. The molecule has 0 aliphatic carbocycles. The number of para-hydroxylation sites is 3. The van der Waals surface area contributed by atoms with Crippen molar-refractivity contribution in [2.24, 2.45) is 0 Å². The summed E-state index contributed by atoms with van der Waals surface area (Å²) < 4.78 is 56.7. The van der Waals surface area contributed by atoms with E-state index in [-0.39, 0.29) is 4.90 Å². The van der Waals surface area contributed by atoms with E-state index in [1.165, 1.54) is 0 Å². The van der Waals surface area contributed by atoms with Crippen LogP contribution in [0.25, 0.3) is 11.0 Å². The van der Waals surface area contributed by atoms with Crippen LogP contribution in [0.5, 0.6) is 0 Å². The topological polar surface area (TPSA) is 64.0 Å². The summed E-state index contributed by atoms with van der Waals surface area (Å²) in [4.78, 5) is 4.38. The molecule has 0 saturated heterocycles. The van der Waals surface area contributed by atoms with E-state index in [1.807, 2.05) is 36.4 Å². The third kappa shape index (κ3) is 4.29. The van der Waals surface area contributed by atoms with Crippen molar-refractivity contribution in [2.75, 3.05) is 4.72 Å². The second-order valence-electron chi connectivity index (χ2n) is 7.10. The first-order valence-electron chi connectivity index (χ1n) is 9.89. The monoisotopic (exact) mass is 441 g/mol. The number of anilines is 1. The molecule has 0 bridgehead atoms. The average Bonchev–Trinajstić information content (AvgIpc) is 3.12. The second kappa shape index (κ2) is 8.47. The lowest BCUT2D eigenvalue weighted by Crippen LogP contribution is -2.15. The van der Waals surface area contributed by atoms with Crippen molar-refractivity contribution in [1.82, 2.24) is 9.55 Å². The molecule has 0 fully saturated rings. The van der Waals surface area contributed by atoms with Gasteiger partial charge < -0.3 is 4.57 Å². The van der Waals surface area contributed by atoms with E-state index in [9.17, 15) is 17.2 Å². The number of hydrogen-bond acceptors (Lipinski definition) is 3. The number of halogens is 2. The Bertz CT molecular complexity index is 1350. The van der Waals surface area contributed by atoms with Crippen molar-refractivity contribution in [3.05, 3.63) is 89.8 Å². The molecule has 31 heavy (non-hydrogen) atoms. The number of fused-ring (bicyclic) bond motifs is 1. The molecule has 5 nitrogen and oxygen atoms in total. The van der Waals surface area contributed by atoms with Gasteiger partial charge >= 0.3 is 0 Å². The van der Waals surface area contributed by atoms with Gasteiger partial charge in [0.1, 0.15) is 5.82 Å². The highest BCUT2D eigenvalue weighted by atomic mass is 32.2. The van der Waals surface area contributed by atoms with Crippen molar-refractivity contribution in [3.63, 3.8) is 0 Å². The fourth-order valence-electron chi connectivity index (χ4n) is 3.60. The molecular formula is C23H21F2N3O2S. The predicted octanol–water partition coefficient (Wildman–Crippen LogP) is 4.92. The lowest BCUT2D eigenvalue weighted by Gasteiger charge is -2.13. The minimum Gasteiger partial charge on any atom is -0.328 e. The molecular weight excluding hydrogens is 420 g/mol. The molecule has 1 heterocycles. The molecule has 160 valence electrons.